The minimum absolute atomic E-state index is 0.0423. The Morgan fingerprint density at radius 1 is 1.14 bits per heavy atom. The summed E-state index contributed by atoms with van der Waals surface area (Å²) in [5.41, 5.74) is 6.08. The summed E-state index contributed by atoms with van der Waals surface area (Å²) in [6.45, 7) is 2.00. The van der Waals surface area contributed by atoms with Crippen molar-refractivity contribution in [3.05, 3.63) is 35.4 Å². The number of halogens is 3. The second-order valence-corrected chi connectivity index (χ2v) is 5.78. The van der Waals surface area contributed by atoms with E-state index in [4.69, 9.17) is 10.5 Å². The number of alkyl halides is 3. The van der Waals surface area contributed by atoms with Crippen LogP contribution in [0, 0.1) is 0 Å². The number of likely N-dealkylation sites (tertiary alicyclic amines) is 1. The normalized spacial score (nSPS) is 27.8. The van der Waals surface area contributed by atoms with Gasteiger partial charge in [0.2, 0.25) is 0 Å². The van der Waals surface area contributed by atoms with Gasteiger partial charge in [0.25, 0.3) is 0 Å². The number of morpholine rings is 1. The summed E-state index contributed by atoms with van der Waals surface area (Å²) in [5.74, 6) is 0. The first kappa shape index (κ1) is 14.8. The SMILES string of the molecule is NCC(c1ccc(C(F)(F)F)cc1)N1CC2CCC(C1)O2. The molecule has 3 rings (SSSR count). The van der Waals surface area contributed by atoms with Gasteiger partial charge < -0.3 is 10.5 Å². The molecule has 0 spiro atoms. The molecule has 6 heteroatoms. The summed E-state index contributed by atoms with van der Waals surface area (Å²) in [5, 5.41) is 0. The topological polar surface area (TPSA) is 38.5 Å². The molecule has 0 amide bonds. The van der Waals surface area contributed by atoms with Crippen LogP contribution in [0.15, 0.2) is 24.3 Å². The molecular formula is C15H19F3N2O. The van der Waals surface area contributed by atoms with Crippen LogP contribution in [0.4, 0.5) is 13.2 Å². The lowest BCUT2D eigenvalue weighted by Gasteiger charge is -2.37. The van der Waals surface area contributed by atoms with Gasteiger partial charge in [-0.3, -0.25) is 4.90 Å². The van der Waals surface area contributed by atoms with Crippen LogP contribution in [0.5, 0.6) is 0 Å². The first-order valence-electron chi connectivity index (χ1n) is 7.24. The number of nitrogens with two attached hydrogens (primary N) is 1. The molecule has 116 valence electrons. The first-order valence-corrected chi connectivity index (χ1v) is 7.24. The molecule has 3 unspecified atom stereocenters. The van der Waals surface area contributed by atoms with Crippen LogP contribution >= 0.6 is 0 Å². The fourth-order valence-corrected chi connectivity index (χ4v) is 3.29. The Morgan fingerprint density at radius 2 is 1.71 bits per heavy atom. The molecule has 2 N–H and O–H groups in total. The standard InChI is InChI=1S/C15H19F3N2O/c16-15(17,18)11-3-1-10(2-4-11)14(7-19)20-8-12-5-6-13(9-20)21-12/h1-4,12-14H,5-9,19H2. The second kappa shape index (κ2) is 5.59. The second-order valence-electron chi connectivity index (χ2n) is 5.78. The van der Waals surface area contributed by atoms with Crippen molar-refractivity contribution in [1.82, 2.24) is 4.90 Å². The van der Waals surface area contributed by atoms with E-state index in [1.807, 2.05) is 0 Å². The molecule has 2 fully saturated rings. The van der Waals surface area contributed by atoms with E-state index in [-0.39, 0.29) is 18.2 Å². The molecule has 1 aromatic carbocycles. The first-order chi connectivity index (χ1) is 9.97. The molecule has 21 heavy (non-hydrogen) atoms. The fourth-order valence-electron chi connectivity index (χ4n) is 3.29. The van der Waals surface area contributed by atoms with Crippen molar-refractivity contribution < 1.29 is 17.9 Å². The fraction of sp³-hybridized carbons (Fsp3) is 0.600. The predicted molar refractivity (Wildman–Crippen MR) is 72.7 cm³/mol. The Kier molecular flexibility index (Phi) is 3.94. The third-order valence-electron chi connectivity index (χ3n) is 4.36. The number of rotatable bonds is 3. The van der Waals surface area contributed by atoms with Crippen LogP contribution in [0.1, 0.15) is 30.0 Å². The zero-order valence-corrected chi connectivity index (χ0v) is 11.6. The van der Waals surface area contributed by atoms with E-state index in [9.17, 15) is 13.2 Å². The van der Waals surface area contributed by atoms with Gasteiger partial charge in [-0.2, -0.15) is 13.2 Å². The van der Waals surface area contributed by atoms with Gasteiger partial charge in [-0.1, -0.05) is 12.1 Å². The lowest BCUT2D eigenvalue weighted by Crippen LogP contribution is -2.46. The van der Waals surface area contributed by atoms with E-state index >= 15 is 0 Å². The molecule has 2 heterocycles. The summed E-state index contributed by atoms with van der Waals surface area (Å²) < 4.78 is 43.6. The molecule has 2 aliphatic heterocycles. The van der Waals surface area contributed by atoms with Gasteiger partial charge >= 0.3 is 6.18 Å². The molecule has 0 aliphatic carbocycles. The average Bonchev–Trinajstić information content (AvgIpc) is 2.78. The van der Waals surface area contributed by atoms with Crippen LogP contribution in [-0.4, -0.2) is 36.7 Å². The highest BCUT2D eigenvalue weighted by Gasteiger charge is 2.37. The van der Waals surface area contributed by atoms with E-state index < -0.39 is 11.7 Å². The van der Waals surface area contributed by atoms with Gasteiger partial charge in [-0.05, 0) is 30.5 Å². The van der Waals surface area contributed by atoms with Crippen LogP contribution in [0.25, 0.3) is 0 Å². The highest BCUT2D eigenvalue weighted by molar-refractivity contribution is 5.27. The predicted octanol–water partition coefficient (Wildman–Crippen LogP) is 2.57. The lowest BCUT2D eigenvalue weighted by atomic mass is 10.0. The van der Waals surface area contributed by atoms with Gasteiger partial charge in [0.1, 0.15) is 0 Å². The number of hydrogen-bond acceptors (Lipinski definition) is 3. The zero-order valence-electron chi connectivity index (χ0n) is 11.6. The van der Waals surface area contributed by atoms with Crippen molar-refractivity contribution in [2.45, 2.75) is 37.3 Å². The minimum Gasteiger partial charge on any atom is -0.372 e. The summed E-state index contributed by atoms with van der Waals surface area (Å²) in [4.78, 5) is 2.24. The van der Waals surface area contributed by atoms with Gasteiger partial charge in [0.05, 0.1) is 17.8 Å². The Hall–Kier alpha value is -1.11. The van der Waals surface area contributed by atoms with Crippen molar-refractivity contribution in [3.8, 4) is 0 Å². The number of benzene rings is 1. The number of ether oxygens (including phenoxy) is 1. The Bertz CT molecular complexity index is 477. The highest BCUT2D eigenvalue weighted by atomic mass is 19.4. The monoisotopic (exact) mass is 300 g/mol. The van der Waals surface area contributed by atoms with Crippen molar-refractivity contribution in [2.24, 2.45) is 5.73 Å². The quantitative estimate of drug-likeness (QED) is 0.932. The largest absolute Gasteiger partial charge is 0.416 e. The third kappa shape index (κ3) is 3.07. The molecule has 3 nitrogen and oxygen atoms in total. The maximum absolute atomic E-state index is 12.6. The highest BCUT2D eigenvalue weighted by Crippen LogP contribution is 2.33. The molecular weight excluding hydrogens is 281 g/mol. The summed E-state index contributed by atoms with van der Waals surface area (Å²) in [6.07, 6.45) is -1.69. The Morgan fingerprint density at radius 3 is 2.19 bits per heavy atom. The zero-order chi connectivity index (χ0) is 15.0. The van der Waals surface area contributed by atoms with Crippen molar-refractivity contribution >= 4 is 0 Å². The number of nitrogens with zero attached hydrogens (tertiary/aromatic N) is 1. The van der Waals surface area contributed by atoms with Crippen LogP contribution in [0.2, 0.25) is 0 Å². The van der Waals surface area contributed by atoms with Crippen LogP contribution in [-0.2, 0) is 10.9 Å². The molecule has 2 aliphatic rings. The van der Waals surface area contributed by atoms with Crippen LogP contribution < -0.4 is 5.73 Å². The van der Waals surface area contributed by atoms with Crippen molar-refractivity contribution in [2.75, 3.05) is 19.6 Å². The van der Waals surface area contributed by atoms with E-state index in [0.717, 1.165) is 43.6 Å². The maximum atomic E-state index is 12.6. The van der Waals surface area contributed by atoms with E-state index in [2.05, 4.69) is 4.90 Å². The Balaban J connectivity index is 1.77. The molecule has 1 aromatic rings. The van der Waals surface area contributed by atoms with Gasteiger partial charge in [-0.15, -0.1) is 0 Å². The molecule has 0 aromatic heterocycles. The minimum atomic E-state index is -4.30. The van der Waals surface area contributed by atoms with Gasteiger partial charge in [-0.25, -0.2) is 0 Å². The lowest BCUT2D eigenvalue weighted by molar-refractivity contribution is -0.137. The summed E-state index contributed by atoms with van der Waals surface area (Å²) >= 11 is 0. The van der Waals surface area contributed by atoms with E-state index in [1.54, 1.807) is 0 Å². The third-order valence-corrected chi connectivity index (χ3v) is 4.36. The summed E-state index contributed by atoms with van der Waals surface area (Å²) in [6, 6.07) is 5.30. The van der Waals surface area contributed by atoms with Crippen molar-refractivity contribution in [3.63, 3.8) is 0 Å². The maximum Gasteiger partial charge on any atom is 0.416 e. The van der Waals surface area contributed by atoms with E-state index in [1.165, 1.54) is 12.1 Å². The number of fused-ring (bicyclic) bond motifs is 2. The molecule has 2 saturated heterocycles. The summed E-state index contributed by atoms with van der Waals surface area (Å²) in [7, 11) is 0. The molecule has 0 radical (unpaired) electrons. The van der Waals surface area contributed by atoms with Crippen LogP contribution in [0.3, 0.4) is 0 Å². The molecule has 2 bridgehead atoms. The molecule has 3 atom stereocenters. The average molecular weight is 300 g/mol. The van der Waals surface area contributed by atoms with Gasteiger partial charge in [0, 0.05) is 25.7 Å². The molecule has 0 saturated carbocycles. The number of hydrogen-bond donors (Lipinski definition) is 1. The Labute approximate surface area is 121 Å². The van der Waals surface area contributed by atoms with Gasteiger partial charge in [0.15, 0.2) is 0 Å². The van der Waals surface area contributed by atoms with Crippen molar-refractivity contribution in [1.29, 1.82) is 0 Å². The smallest absolute Gasteiger partial charge is 0.372 e. The van der Waals surface area contributed by atoms with E-state index in [0.29, 0.717) is 6.54 Å².